The normalized spacial score (nSPS) is 12.9. The summed E-state index contributed by atoms with van der Waals surface area (Å²) in [6, 6.07) is 7.96. The molecule has 4 heteroatoms. The first kappa shape index (κ1) is 19.8. The van der Waals surface area contributed by atoms with Crippen molar-refractivity contribution in [2.75, 3.05) is 6.61 Å². The molecule has 3 nitrogen and oxygen atoms in total. The summed E-state index contributed by atoms with van der Waals surface area (Å²) in [5.74, 6) is -0.220. The molecule has 0 saturated heterocycles. The van der Waals surface area contributed by atoms with Gasteiger partial charge in [0.05, 0.1) is 6.61 Å². The number of carbonyl (C=O) groups is 1. The molecule has 0 aliphatic rings. The molecule has 24 heavy (non-hydrogen) atoms. The van der Waals surface area contributed by atoms with Crippen LogP contribution in [0.5, 0.6) is 0 Å². The van der Waals surface area contributed by atoms with Crippen molar-refractivity contribution in [3.05, 3.63) is 71.4 Å². The van der Waals surface area contributed by atoms with E-state index in [2.05, 4.69) is 6.58 Å². The number of rotatable bonds is 8. The fourth-order valence-electron chi connectivity index (χ4n) is 2.23. The Morgan fingerprint density at radius 1 is 1.33 bits per heavy atom. The molecular formula is C20H24ClNO2. The second kappa shape index (κ2) is 10.5. The van der Waals surface area contributed by atoms with Crippen LogP contribution in [0.4, 0.5) is 0 Å². The molecule has 0 spiro atoms. The Bertz CT molecular complexity index is 672. The van der Waals surface area contributed by atoms with Crippen molar-refractivity contribution in [1.29, 1.82) is 0 Å². The molecule has 0 atom stereocenters. The third-order valence-corrected chi connectivity index (χ3v) is 3.73. The highest BCUT2D eigenvalue weighted by Gasteiger charge is 2.08. The zero-order chi connectivity index (χ0) is 17.9. The smallest absolute Gasteiger partial charge is 0.306 e. The quantitative estimate of drug-likeness (QED) is 0.530. The van der Waals surface area contributed by atoms with Gasteiger partial charge in [0.25, 0.3) is 0 Å². The van der Waals surface area contributed by atoms with E-state index in [0.717, 1.165) is 22.3 Å². The SMILES string of the molecule is C=C/C(Cl)=C\C(=C/C)c1cccc(/C(=C\N)CCC(=O)OCC)c1. The number of benzene rings is 1. The Morgan fingerprint density at radius 2 is 2.04 bits per heavy atom. The van der Waals surface area contributed by atoms with E-state index in [-0.39, 0.29) is 5.97 Å². The first-order valence-corrected chi connectivity index (χ1v) is 8.26. The third kappa shape index (κ3) is 6.09. The van der Waals surface area contributed by atoms with Crippen molar-refractivity contribution >= 4 is 28.7 Å². The maximum absolute atomic E-state index is 11.5. The Hall–Kier alpha value is -2.26. The van der Waals surface area contributed by atoms with E-state index in [4.69, 9.17) is 22.1 Å². The van der Waals surface area contributed by atoms with Crippen LogP contribution >= 0.6 is 11.6 Å². The molecule has 1 rings (SSSR count). The number of nitrogens with two attached hydrogens (primary N) is 1. The second-order valence-electron chi connectivity index (χ2n) is 5.06. The third-order valence-electron chi connectivity index (χ3n) is 3.47. The van der Waals surface area contributed by atoms with Gasteiger partial charge in [-0.05, 0) is 60.9 Å². The van der Waals surface area contributed by atoms with Crippen molar-refractivity contribution in [3.63, 3.8) is 0 Å². The van der Waals surface area contributed by atoms with Crippen LogP contribution in [0.15, 0.2) is 60.3 Å². The molecule has 1 aromatic carbocycles. The van der Waals surface area contributed by atoms with Crippen molar-refractivity contribution in [2.45, 2.75) is 26.7 Å². The number of hydrogen-bond donors (Lipinski definition) is 1. The lowest BCUT2D eigenvalue weighted by Crippen LogP contribution is -2.04. The standard InChI is InChI=1S/C20H24ClNO2/c1-4-15(13-19(21)5-2)16-8-7-9-17(12-16)18(14-22)10-11-20(23)24-6-3/h4-5,7-9,12-14H,2,6,10-11,22H2,1,3H3/b15-4+,18-14-,19-13+. The lowest BCUT2D eigenvalue weighted by Gasteiger charge is -2.10. The van der Waals surface area contributed by atoms with Crippen LogP contribution in [0.1, 0.15) is 37.8 Å². The fourth-order valence-corrected chi connectivity index (χ4v) is 2.35. The van der Waals surface area contributed by atoms with Crippen LogP contribution in [0.25, 0.3) is 11.1 Å². The molecule has 0 aliphatic carbocycles. The summed E-state index contributed by atoms with van der Waals surface area (Å²) in [4.78, 5) is 11.5. The topological polar surface area (TPSA) is 52.3 Å². The second-order valence-corrected chi connectivity index (χ2v) is 5.49. The number of carbonyl (C=O) groups excluding carboxylic acids is 1. The van der Waals surface area contributed by atoms with Gasteiger partial charge in [-0.15, -0.1) is 0 Å². The molecule has 0 bridgehead atoms. The maximum Gasteiger partial charge on any atom is 0.306 e. The summed E-state index contributed by atoms with van der Waals surface area (Å²) in [7, 11) is 0. The lowest BCUT2D eigenvalue weighted by molar-refractivity contribution is -0.142. The van der Waals surface area contributed by atoms with Crippen molar-refractivity contribution in [3.8, 4) is 0 Å². The molecule has 0 unspecified atom stereocenters. The molecular weight excluding hydrogens is 322 g/mol. The summed E-state index contributed by atoms with van der Waals surface area (Å²) in [6.45, 7) is 7.79. The van der Waals surface area contributed by atoms with Gasteiger partial charge in [-0.1, -0.05) is 48.5 Å². The van der Waals surface area contributed by atoms with Crippen LogP contribution in [-0.2, 0) is 9.53 Å². The first-order chi connectivity index (χ1) is 11.5. The van der Waals surface area contributed by atoms with E-state index in [0.29, 0.717) is 24.5 Å². The van der Waals surface area contributed by atoms with Gasteiger partial charge in [-0.25, -0.2) is 0 Å². The van der Waals surface area contributed by atoms with Crippen LogP contribution in [-0.4, -0.2) is 12.6 Å². The Balaban J connectivity index is 3.01. The maximum atomic E-state index is 11.5. The number of allylic oxidation sites excluding steroid dienone is 6. The van der Waals surface area contributed by atoms with E-state index in [1.54, 1.807) is 19.2 Å². The fraction of sp³-hybridized carbons (Fsp3) is 0.250. The summed E-state index contributed by atoms with van der Waals surface area (Å²) >= 11 is 6.05. The molecule has 0 amide bonds. The average molecular weight is 346 g/mol. The van der Waals surface area contributed by atoms with Gasteiger partial charge < -0.3 is 10.5 Å². The van der Waals surface area contributed by atoms with E-state index in [1.165, 1.54) is 0 Å². The Morgan fingerprint density at radius 3 is 2.62 bits per heavy atom. The molecule has 0 fully saturated rings. The molecule has 0 heterocycles. The largest absolute Gasteiger partial charge is 0.466 e. The van der Waals surface area contributed by atoms with Gasteiger partial charge in [0.1, 0.15) is 0 Å². The van der Waals surface area contributed by atoms with E-state index >= 15 is 0 Å². The Kier molecular flexibility index (Phi) is 8.66. The predicted octanol–water partition coefficient (Wildman–Crippen LogP) is 5.04. The molecule has 0 aliphatic heterocycles. The monoisotopic (exact) mass is 345 g/mol. The van der Waals surface area contributed by atoms with Gasteiger partial charge in [-0.3, -0.25) is 4.79 Å². The number of halogens is 1. The minimum Gasteiger partial charge on any atom is -0.466 e. The van der Waals surface area contributed by atoms with Gasteiger partial charge in [-0.2, -0.15) is 0 Å². The van der Waals surface area contributed by atoms with Crippen LogP contribution in [0, 0.1) is 0 Å². The zero-order valence-electron chi connectivity index (χ0n) is 14.2. The highest BCUT2D eigenvalue weighted by atomic mass is 35.5. The highest BCUT2D eigenvalue weighted by Crippen LogP contribution is 2.25. The van der Waals surface area contributed by atoms with E-state index in [1.807, 2.05) is 43.3 Å². The molecule has 128 valence electrons. The molecule has 0 aromatic heterocycles. The number of ether oxygens (including phenoxy) is 1. The van der Waals surface area contributed by atoms with Crippen molar-refractivity contribution in [1.82, 2.24) is 0 Å². The number of esters is 1. The predicted molar refractivity (Wildman–Crippen MR) is 102 cm³/mol. The highest BCUT2D eigenvalue weighted by molar-refractivity contribution is 6.31. The van der Waals surface area contributed by atoms with E-state index < -0.39 is 0 Å². The molecule has 2 N–H and O–H groups in total. The van der Waals surface area contributed by atoms with Gasteiger partial charge in [0.2, 0.25) is 0 Å². The van der Waals surface area contributed by atoms with Crippen molar-refractivity contribution < 1.29 is 9.53 Å². The zero-order valence-corrected chi connectivity index (χ0v) is 15.0. The van der Waals surface area contributed by atoms with Crippen LogP contribution in [0.3, 0.4) is 0 Å². The summed E-state index contributed by atoms with van der Waals surface area (Å²) in [6.07, 6.45) is 7.82. The molecule has 1 aromatic rings. The molecule has 0 saturated carbocycles. The average Bonchev–Trinajstić information content (AvgIpc) is 2.60. The Labute approximate surface area is 149 Å². The van der Waals surface area contributed by atoms with Gasteiger partial charge in [0.15, 0.2) is 0 Å². The van der Waals surface area contributed by atoms with E-state index in [9.17, 15) is 4.79 Å². The molecule has 0 radical (unpaired) electrons. The number of hydrogen-bond acceptors (Lipinski definition) is 3. The van der Waals surface area contributed by atoms with Crippen LogP contribution < -0.4 is 5.73 Å². The summed E-state index contributed by atoms with van der Waals surface area (Å²) < 4.78 is 4.96. The minimum absolute atomic E-state index is 0.220. The van der Waals surface area contributed by atoms with Gasteiger partial charge in [0, 0.05) is 11.5 Å². The summed E-state index contributed by atoms with van der Waals surface area (Å²) in [5.41, 5.74) is 9.64. The lowest BCUT2D eigenvalue weighted by atomic mass is 9.96. The van der Waals surface area contributed by atoms with Crippen LogP contribution in [0.2, 0.25) is 0 Å². The van der Waals surface area contributed by atoms with Gasteiger partial charge >= 0.3 is 5.97 Å². The summed E-state index contributed by atoms with van der Waals surface area (Å²) in [5, 5.41) is 0.574. The minimum atomic E-state index is -0.220. The van der Waals surface area contributed by atoms with Crippen molar-refractivity contribution in [2.24, 2.45) is 5.73 Å². The first-order valence-electron chi connectivity index (χ1n) is 7.88.